The maximum absolute atomic E-state index is 6.02. The van der Waals surface area contributed by atoms with Crippen LogP contribution in [0.4, 0.5) is 0 Å². The van der Waals surface area contributed by atoms with E-state index in [2.05, 4.69) is 37.1 Å². The molecule has 0 amide bonds. The summed E-state index contributed by atoms with van der Waals surface area (Å²) >= 11 is 0. The van der Waals surface area contributed by atoms with E-state index in [1.807, 2.05) is 29.9 Å². The number of benzene rings is 1. The molecule has 1 aromatic carbocycles. The summed E-state index contributed by atoms with van der Waals surface area (Å²) in [6.45, 7) is 4.11. The molecular weight excluding hydrogens is 222 g/mol. The number of hydrogen-bond acceptors (Lipinski definition) is 2. The van der Waals surface area contributed by atoms with Gasteiger partial charge in [0.25, 0.3) is 0 Å². The number of nitrogens with two attached hydrogens (primary N) is 1. The van der Waals surface area contributed by atoms with Gasteiger partial charge in [-0.15, -0.1) is 0 Å². The van der Waals surface area contributed by atoms with Gasteiger partial charge in [0.05, 0.1) is 5.69 Å². The maximum Gasteiger partial charge on any atom is 0.0925 e. The third kappa shape index (κ3) is 3.20. The van der Waals surface area contributed by atoms with E-state index in [1.54, 1.807) is 0 Å². The molecule has 0 spiro atoms. The molecule has 0 bridgehead atoms. The van der Waals surface area contributed by atoms with E-state index in [-0.39, 0.29) is 5.54 Å². The van der Waals surface area contributed by atoms with Crippen LogP contribution in [0.1, 0.15) is 26.0 Å². The molecule has 0 aliphatic carbocycles. The predicted molar refractivity (Wildman–Crippen MR) is 75.2 cm³/mol. The number of rotatable bonds is 4. The molecule has 1 heterocycles. The molecule has 3 heteroatoms. The summed E-state index contributed by atoms with van der Waals surface area (Å²) in [5.41, 5.74) is 9.31. The fourth-order valence-electron chi connectivity index (χ4n) is 1.94. The second-order valence-corrected chi connectivity index (χ2v) is 5.50. The molecule has 2 rings (SSSR count). The average molecular weight is 243 g/mol. The monoisotopic (exact) mass is 243 g/mol. The second kappa shape index (κ2) is 4.94. The minimum absolute atomic E-state index is 0.128. The van der Waals surface area contributed by atoms with Gasteiger partial charge < -0.3 is 5.73 Å². The summed E-state index contributed by atoms with van der Waals surface area (Å²) in [5.74, 6) is 0. The van der Waals surface area contributed by atoms with Crippen LogP contribution in [0.5, 0.6) is 0 Å². The standard InChI is InChI=1S/C15H21N3/c1-15(2,16)10-9-13-11-14(17-18(13)3)12-7-5-4-6-8-12/h4-8,11H,9-10,16H2,1-3H3. The van der Waals surface area contributed by atoms with Gasteiger partial charge in [0, 0.05) is 23.8 Å². The SMILES string of the molecule is Cn1nc(-c2ccccc2)cc1CCC(C)(C)N. The summed E-state index contributed by atoms with van der Waals surface area (Å²) in [5, 5.41) is 4.56. The van der Waals surface area contributed by atoms with Gasteiger partial charge >= 0.3 is 0 Å². The fraction of sp³-hybridized carbons (Fsp3) is 0.400. The molecule has 0 fully saturated rings. The number of hydrogen-bond donors (Lipinski definition) is 1. The summed E-state index contributed by atoms with van der Waals surface area (Å²) in [4.78, 5) is 0. The van der Waals surface area contributed by atoms with Crippen LogP contribution in [0.25, 0.3) is 11.3 Å². The van der Waals surface area contributed by atoms with Crippen molar-refractivity contribution in [2.75, 3.05) is 0 Å². The Morgan fingerprint density at radius 3 is 2.50 bits per heavy atom. The third-order valence-corrected chi connectivity index (χ3v) is 3.07. The van der Waals surface area contributed by atoms with Gasteiger partial charge in [0.1, 0.15) is 0 Å². The molecule has 1 aromatic heterocycles. The molecule has 2 N–H and O–H groups in total. The predicted octanol–water partition coefficient (Wildman–Crippen LogP) is 2.76. The van der Waals surface area contributed by atoms with Crippen LogP contribution in [0.15, 0.2) is 36.4 Å². The first-order valence-corrected chi connectivity index (χ1v) is 6.33. The lowest BCUT2D eigenvalue weighted by Crippen LogP contribution is -2.32. The van der Waals surface area contributed by atoms with Crippen LogP contribution in [0.2, 0.25) is 0 Å². The minimum Gasteiger partial charge on any atom is -0.326 e. The molecule has 0 aliphatic heterocycles. The highest BCUT2D eigenvalue weighted by molar-refractivity contribution is 5.59. The number of aryl methyl sites for hydroxylation is 2. The summed E-state index contributed by atoms with van der Waals surface area (Å²) in [7, 11) is 1.99. The highest BCUT2D eigenvalue weighted by Crippen LogP contribution is 2.20. The normalized spacial score (nSPS) is 11.8. The van der Waals surface area contributed by atoms with Gasteiger partial charge in [-0.1, -0.05) is 30.3 Å². The van der Waals surface area contributed by atoms with E-state index < -0.39 is 0 Å². The summed E-state index contributed by atoms with van der Waals surface area (Å²) < 4.78 is 1.95. The zero-order valence-corrected chi connectivity index (χ0v) is 11.4. The fourth-order valence-corrected chi connectivity index (χ4v) is 1.94. The van der Waals surface area contributed by atoms with E-state index >= 15 is 0 Å². The first-order chi connectivity index (χ1) is 8.46. The molecule has 3 nitrogen and oxygen atoms in total. The third-order valence-electron chi connectivity index (χ3n) is 3.07. The molecule has 18 heavy (non-hydrogen) atoms. The van der Waals surface area contributed by atoms with Crippen molar-refractivity contribution < 1.29 is 0 Å². The zero-order chi connectivity index (χ0) is 13.2. The van der Waals surface area contributed by atoms with Crippen LogP contribution < -0.4 is 5.73 Å². The molecule has 0 aliphatic rings. The van der Waals surface area contributed by atoms with Gasteiger partial charge in [0.15, 0.2) is 0 Å². The first-order valence-electron chi connectivity index (χ1n) is 6.33. The van der Waals surface area contributed by atoms with Crippen LogP contribution in [0, 0.1) is 0 Å². The molecule has 2 aromatic rings. The molecule has 96 valence electrons. The molecule has 0 saturated carbocycles. The average Bonchev–Trinajstić information content (AvgIpc) is 2.68. The zero-order valence-electron chi connectivity index (χ0n) is 11.4. The second-order valence-electron chi connectivity index (χ2n) is 5.50. The van der Waals surface area contributed by atoms with Crippen molar-refractivity contribution >= 4 is 0 Å². The van der Waals surface area contributed by atoms with E-state index in [0.717, 1.165) is 24.1 Å². The van der Waals surface area contributed by atoms with Crippen molar-refractivity contribution in [3.8, 4) is 11.3 Å². The number of aromatic nitrogens is 2. The van der Waals surface area contributed by atoms with Crippen LogP contribution in [-0.4, -0.2) is 15.3 Å². The van der Waals surface area contributed by atoms with Crippen molar-refractivity contribution in [3.63, 3.8) is 0 Å². The summed E-state index contributed by atoms with van der Waals surface area (Å²) in [6.07, 6.45) is 1.92. The van der Waals surface area contributed by atoms with Gasteiger partial charge in [-0.25, -0.2) is 0 Å². The Morgan fingerprint density at radius 1 is 1.22 bits per heavy atom. The van der Waals surface area contributed by atoms with Gasteiger partial charge in [0.2, 0.25) is 0 Å². The lowest BCUT2D eigenvalue weighted by molar-refractivity contribution is 0.468. The highest BCUT2D eigenvalue weighted by Gasteiger charge is 2.13. The van der Waals surface area contributed by atoms with Crippen LogP contribution in [0.3, 0.4) is 0 Å². The molecule has 0 radical (unpaired) electrons. The highest BCUT2D eigenvalue weighted by atomic mass is 15.3. The molecule has 0 unspecified atom stereocenters. The minimum atomic E-state index is -0.128. The lowest BCUT2D eigenvalue weighted by Gasteiger charge is -2.17. The van der Waals surface area contributed by atoms with Crippen molar-refractivity contribution in [3.05, 3.63) is 42.1 Å². The van der Waals surface area contributed by atoms with Gasteiger partial charge in [-0.05, 0) is 32.8 Å². The smallest absolute Gasteiger partial charge is 0.0925 e. The molecular formula is C15H21N3. The Balaban J connectivity index is 2.17. The van der Waals surface area contributed by atoms with Gasteiger partial charge in [-0.2, -0.15) is 5.10 Å². The van der Waals surface area contributed by atoms with Crippen molar-refractivity contribution in [1.82, 2.24) is 9.78 Å². The van der Waals surface area contributed by atoms with E-state index in [0.29, 0.717) is 0 Å². The number of nitrogens with zero attached hydrogens (tertiary/aromatic N) is 2. The Kier molecular flexibility index (Phi) is 3.53. The first kappa shape index (κ1) is 12.8. The maximum atomic E-state index is 6.02. The Labute approximate surface area is 109 Å². The van der Waals surface area contributed by atoms with Crippen molar-refractivity contribution in [2.24, 2.45) is 12.8 Å². The molecule has 0 saturated heterocycles. The van der Waals surface area contributed by atoms with Crippen molar-refractivity contribution in [1.29, 1.82) is 0 Å². The Morgan fingerprint density at radius 2 is 1.89 bits per heavy atom. The lowest BCUT2D eigenvalue weighted by atomic mass is 9.98. The van der Waals surface area contributed by atoms with E-state index in [4.69, 9.17) is 5.73 Å². The summed E-state index contributed by atoms with van der Waals surface area (Å²) in [6, 6.07) is 12.4. The van der Waals surface area contributed by atoms with Crippen molar-refractivity contribution in [2.45, 2.75) is 32.2 Å². The Hall–Kier alpha value is -1.61. The molecule has 0 atom stereocenters. The quantitative estimate of drug-likeness (QED) is 0.897. The largest absolute Gasteiger partial charge is 0.326 e. The van der Waals surface area contributed by atoms with E-state index in [9.17, 15) is 0 Å². The topological polar surface area (TPSA) is 43.8 Å². The Bertz CT molecular complexity index is 506. The van der Waals surface area contributed by atoms with Crippen LogP contribution >= 0.6 is 0 Å². The van der Waals surface area contributed by atoms with E-state index in [1.165, 1.54) is 5.69 Å². The van der Waals surface area contributed by atoms with Crippen LogP contribution in [-0.2, 0) is 13.5 Å². The van der Waals surface area contributed by atoms with Gasteiger partial charge in [-0.3, -0.25) is 4.68 Å².